The van der Waals surface area contributed by atoms with Crippen molar-refractivity contribution in [1.82, 2.24) is 15.2 Å². The van der Waals surface area contributed by atoms with Crippen molar-refractivity contribution < 1.29 is 9.53 Å². The number of ether oxygens (including phenoxy) is 1. The molecule has 0 spiro atoms. The smallest absolute Gasteiger partial charge is 0.266 e. The van der Waals surface area contributed by atoms with Crippen LogP contribution in [0.1, 0.15) is 33.2 Å². The fraction of sp³-hybridized carbons (Fsp3) is 0.444. The van der Waals surface area contributed by atoms with Crippen LogP contribution in [0.3, 0.4) is 0 Å². The average Bonchev–Trinajstić information content (AvgIpc) is 3.21. The molecule has 25 heavy (non-hydrogen) atoms. The Hall–Kier alpha value is -1.63. The van der Waals surface area contributed by atoms with Crippen molar-refractivity contribution in [2.75, 3.05) is 20.1 Å². The van der Waals surface area contributed by atoms with Gasteiger partial charge >= 0.3 is 0 Å². The molecule has 5 nitrogen and oxygen atoms in total. The SMILES string of the molecule is CNCC1CCCN1C(=O)c1sc(COc2ccc(Cl)cc2)nc1C. The van der Waals surface area contributed by atoms with Gasteiger partial charge in [0.25, 0.3) is 5.91 Å². The van der Waals surface area contributed by atoms with E-state index in [0.717, 1.165) is 47.3 Å². The molecule has 3 rings (SSSR count). The van der Waals surface area contributed by atoms with E-state index in [1.807, 2.05) is 31.0 Å². The average molecular weight is 380 g/mol. The zero-order valence-electron chi connectivity index (χ0n) is 14.4. The lowest BCUT2D eigenvalue weighted by molar-refractivity contribution is 0.0741. The minimum Gasteiger partial charge on any atom is -0.486 e. The zero-order chi connectivity index (χ0) is 17.8. The third-order valence-electron chi connectivity index (χ3n) is 4.29. The first kappa shape index (κ1) is 18.2. The van der Waals surface area contributed by atoms with Gasteiger partial charge in [0.05, 0.1) is 5.69 Å². The second-order valence-electron chi connectivity index (χ2n) is 6.12. The number of thiazole rings is 1. The Morgan fingerprint density at radius 3 is 2.92 bits per heavy atom. The van der Waals surface area contributed by atoms with Gasteiger partial charge in [-0.15, -0.1) is 11.3 Å². The predicted octanol–water partition coefficient (Wildman–Crippen LogP) is 3.51. The van der Waals surface area contributed by atoms with Crippen molar-refractivity contribution in [1.29, 1.82) is 0 Å². The summed E-state index contributed by atoms with van der Waals surface area (Å²) in [6, 6.07) is 7.48. The Kier molecular flexibility index (Phi) is 5.93. The van der Waals surface area contributed by atoms with Gasteiger partial charge in [-0.2, -0.15) is 0 Å². The fourth-order valence-electron chi connectivity index (χ4n) is 3.07. The number of likely N-dealkylation sites (N-methyl/N-ethyl adjacent to an activating group) is 1. The molecule has 0 aliphatic carbocycles. The van der Waals surface area contributed by atoms with E-state index >= 15 is 0 Å². The number of aromatic nitrogens is 1. The van der Waals surface area contributed by atoms with Crippen LogP contribution in [-0.4, -0.2) is 42.0 Å². The molecule has 1 N–H and O–H groups in total. The summed E-state index contributed by atoms with van der Waals surface area (Å²) >= 11 is 7.29. The molecule has 1 saturated heterocycles. The summed E-state index contributed by atoms with van der Waals surface area (Å²) in [7, 11) is 1.92. The van der Waals surface area contributed by atoms with E-state index in [2.05, 4.69) is 10.3 Å². The van der Waals surface area contributed by atoms with E-state index in [4.69, 9.17) is 16.3 Å². The summed E-state index contributed by atoms with van der Waals surface area (Å²) in [5.41, 5.74) is 0.778. The molecule has 2 aromatic rings. The maximum atomic E-state index is 12.9. The van der Waals surface area contributed by atoms with Crippen LogP contribution in [0.4, 0.5) is 0 Å². The lowest BCUT2D eigenvalue weighted by atomic mass is 10.2. The molecule has 134 valence electrons. The molecule has 1 unspecified atom stereocenters. The number of benzene rings is 1. The first-order valence-corrected chi connectivity index (χ1v) is 9.58. The Balaban J connectivity index is 1.67. The first-order valence-electron chi connectivity index (χ1n) is 8.38. The van der Waals surface area contributed by atoms with Crippen molar-refractivity contribution in [3.8, 4) is 5.75 Å². The molecule has 1 amide bonds. The van der Waals surface area contributed by atoms with Crippen LogP contribution < -0.4 is 10.1 Å². The van der Waals surface area contributed by atoms with Gasteiger partial charge in [0.15, 0.2) is 0 Å². The molecule has 1 aliphatic heterocycles. The lowest BCUT2D eigenvalue weighted by Gasteiger charge is -2.24. The van der Waals surface area contributed by atoms with E-state index in [9.17, 15) is 4.79 Å². The van der Waals surface area contributed by atoms with Crippen LogP contribution in [-0.2, 0) is 6.61 Å². The molecular weight excluding hydrogens is 358 g/mol. The molecule has 1 fully saturated rings. The van der Waals surface area contributed by atoms with Gasteiger partial charge in [0.2, 0.25) is 0 Å². The van der Waals surface area contributed by atoms with Crippen LogP contribution in [0.15, 0.2) is 24.3 Å². The van der Waals surface area contributed by atoms with Gasteiger partial charge in [-0.25, -0.2) is 4.98 Å². The maximum Gasteiger partial charge on any atom is 0.266 e. The summed E-state index contributed by atoms with van der Waals surface area (Å²) in [6.07, 6.45) is 2.11. The number of carbonyl (C=O) groups is 1. The molecule has 1 aromatic carbocycles. The number of likely N-dealkylation sites (tertiary alicyclic amines) is 1. The molecule has 1 atom stereocenters. The number of nitrogens with zero attached hydrogens (tertiary/aromatic N) is 2. The Bertz CT molecular complexity index is 732. The second kappa shape index (κ2) is 8.17. The molecular formula is C18H22ClN3O2S. The maximum absolute atomic E-state index is 12.9. The highest BCUT2D eigenvalue weighted by Crippen LogP contribution is 2.26. The van der Waals surface area contributed by atoms with Crippen LogP contribution >= 0.6 is 22.9 Å². The predicted molar refractivity (Wildman–Crippen MR) is 101 cm³/mol. The first-order chi connectivity index (χ1) is 12.1. The highest BCUT2D eigenvalue weighted by atomic mass is 35.5. The van der Waals surface area contributed by atoms with E-state index in [1.165, 1.54) is 11.3 Å². The number of aryl methyl sites for hydroxylation is 1. The standard InChI is InChI=1S/C18H22ClN3O2S/c1-12-17(18(23)22-9-3-4-14(22)10-20-2)25-16(21-12)11-24-15-7-5-13(19)6-8-15/h5-8,14,20H,3-4,9-11H2,1-2H3. The summed E-state index contributed by atoms with van der Waals surface area (Å²) in [4.78, 5) is 20.1. The van der Waals surface area contributed by atoms with E-state index in [1.54, 1.807) is 12.1 Å². The van der Waals surface area contributed by atoms with Crippen molar-refractivity contribution in [2.24, 2.45) is 0 Å². The largest absolute Gasteiger partial charge is 0.486 e. The minimum atomic E-state index is 0.0884. The fourth-order valence-corrected chi connectivity index (χ4v) is 4.13. The Morgan fingerprint density at radius 1 is 1.44 bits per heavy atom. The number of amides is 1. The molecule has 1 aliphatic rings. The van der Waals surface area contributed by atoms with Crippen molar-refractivity contribution in [3.05, 3.63) is 44.9 Å². The summed E-state index contributed by atoms with van der Waals surface area (Å²) in [6.45, 7) is 3.88. The highest BCUT2D eigenvalue weighted by molar-refractivity contribution is 7.13. The third kappa shape index (κ3) is 4.32. The molecule has 7 heteroatoms. The number of carbonyl (C=O) groups excluding carboxylic acids is 1. The topological polar surface area (TPSA) is 54.5 Å². The number of hydrogen-bond donors (Lipinski definition) is 1. The highest BCUT2D eigenvalue weighted by Gasteiger charge is 2.31. The van der Waals surface area contributed by atoms with Crippen LogP contribution in [0, 0.1) is 6.92 Å². The number of nitrogens with one attached hydrogen (secondary N) is 1. The van der Waals surface area contributed by atoms with Gasteiger partial charge in [-0.3, -0.25) is 4.79 Å². The summed E-state index contributed by atoms with van der Waals surface area (Å²) in [5, 5.41) is 4.65. The third-order valence-corrected chi connectivity index (χ3v) is 5.66. The minimum absolute atomic E-state index is 0.0884. The lowest BCUT2D eigenvalue weighted by Crippen LogP contribution is -2.40. The Labute approximate surface area is 157 Å². The summed E-state index contributed by atoms with van der Waals surface area (Å²) in [5.74, 6) is 0.823. The van der Waals surface area contributed by atoms with Crippen molar-refractivity contribution in [3.63, 3.8) is 0 Å². The molecule has 1 aromatic heterocycles. The number of rotatable bonds is 6. The summed E-state index contributed by atoms with van der Waals surface area (Å²) < 4.78 is 5.73. The molecule has 0 radical (unpaired) electrons. The van der Waals surface area contributed by atoms with E-state index < -0.39 is 0 Å². The van der Waals surface area contributed by atoms with Crippen molar-refractivity contribution >= 4 is 28.8 Å². The number of hydrogen-bond acceptors (Lipinski definition) is 5. The van der Waals surface area contributed by atoms with Gasteiger partial charge in [-0.05, 0) is 51.1 Å². The van der Waals surface area contributed by atoms with Crippen molar-refractivity contribution in [2.45, 2.75) is 32.4 Å². The van der Waals surface area contributed by atoms with Crippen LogP contribution in [0.25, 0.3) is 0 Å². The molecule has 2 heterocycles. The van der Waals surface area contributed by atoms with Gasteiger partial charge in [0, 0.05) is 24.2 Å². The Morgan fingerprint density at radius 2 is 2.20 bits per heavy atom. The van der Waals surface area contributed by atoms with E-state index in [0.29, 0.717) is 11.6 Å². The normalized spacial score (nSPS) is 17.1. The molecule has 0 bridgehead atoms. The van der Waals surface area contributed by atoms with E-state index in [-0.39, 0.29) is 11.9 Å². The monoisotopic (exact) mass is 379 g/mol. The van der Waals surface area contributed by atoms with Gasteiger partial charge in [0.1, 0.15) is 22.2 Å². The number of halogens is 1. The van der Waals surface area contributed by atoms with Gasteiger partial charge < -0.3 is 15.0 Å². The quantitative estimate of drug-likeness (QED) is 0.834. The molecule has 0 saturated carbocycles. The van der Waals surface area contributed by atoms with Gasteiger partial charge in [-0.1, -0.05) is 11.6 Å². The second-order valence-corrected chi connectivity index (χ2v) is 7.64. The van der Waals surface area contributed by atoms with Crippen LogP contribution in [0.2, 0.25) is 5.02 Å². The van der Waals surface area contributed by atoms with Crippen LogP contribution in [0.5, 0.6) is 5.75 Å². The zero-order valence-corrected chi connectivity index (χ0v) is 16.0.